The minimum atomic E-state index is -0.428. The number of carbonyl (C=O) groups is 1. The SMILES string of the molecule is CC(=O)Nc1ccc(CN(Cc2ccc3c(c2)OCO3)C[C@@H](C)O)cc1. The minimum absolute atomic E-state index is 0.0868. The quantitative estimate of drug-likeness (QED) is 0.798. The van der Waals surface area contributed by atoms with E-state index in [-0.39, 0.29) is 12.7 Å². The molecule has 1 amide bonds. The molecule has 2 aromatic carbocycles. The van der Waals surface area contributed by atoms with Crippen LogP contribution in [0.15, 0.2) is 42.5 Å². The van der Waals surface area contributed by atoms with Gasteiger partial charge in [0.25, 0.3) is 0 Å². The molecule has 1 atom stereocenters. The Labute approximate surface area is 153 Å². The fourth-order valence-electron chi connectivity index (χ4n) is 3.01. The second kappa shape index (κ2) is 8.21. The fourth-order valence-corrected chi connectivity index (χ4v) is 3.01. The van der Waals surface area contributed by atoms with Gasteiger partial charge in [-0.2, -0.15) is 0 Å². The van der Waals surface area contributed by atoms with Gasteiger partial charge in [0.2, 0.25) is 12.7 Å². The Morgan fingerprint density at radius 1 is 1.12 bits per heavy atom. The van der Waals surface area contributed by atoms with Crippen molar-refractivity contribution in [1.82, 2.24) is 4.90 Å². The van der Waals surface area contributed by atoms with Crippen LogP contribution in [0.5, 0.6) is 11.5 Å². The highest BCUT2D eigenvalue weighted by molar-refractivity contribution is 5.88. The summed E-state index contributed by atoms with van der Waals surface area (Å²) in [4.78, 5) is 13.3. The third-order valence-electron chi connectivity index (χ3n) is 4.05. The van der Waals surface area contributed by atoms with Gasteiger partial charge >= 0.3 is 0 Å². The van der Waals surface area contributed by atoms with Gasteiger partial charge in [-0.05, 0) is 42.3 Å². The zero-order valence-corrected chi connectivity index (χ0v) is 15.1. The van der Waals surface area contributed by atoms with Gasteiger partial charge in [-0.1, -0.05) is 18.2 Å². The van der Waals surface area contributed by atoms with Crippen LogP contribution < -0.4 is 14.8 Å². The highest BCUT2D eigenvalue weighted by Gasteiger charge is 2.16. The van der Waals surface area contributed by atoms with Crippen LogP contribution in [0, 0.1) is 0 Å². The first kappa shape index (κ1) is 18.2. The maximum Gasteiger partial charge on any atom is 0.231 e. The van der Waals surface area contributed by atoms with Crippen molar-refractivity contribution in [1.29, 1.82) is 0 Å². The average molecular weight is 356 g/mol. The molecule has 1 heterocycles. The number of fused-ring (bicyclic) bond motifs is 1. The van der Waals surface area contributed by atoms with Crippen molar-refractivity contribution >= 4 is 11.6 Å². The van der Waals surface area contributed by atoms with E-state index in [2.05, 4.69) is 10.2 Å². The summed E-state index contributed by atoms with van der Waals surface area (Å²) in [6, 6.07) is 13.7. The van der Waals surface area contributed by atoms with E-state index in [9.17, 15) is 9.90 Å². The lowest BCUT2D eigenvalue weighted by Gasteiger charge is -2.24. The molecule has 0 aliphatic carbocycles. The number of ether oxygens (including phenoxy) is 2. The largest absolute Gasteiger partial charge is 0.454 e. The maximum absolute atomic E-state index is 11.1. The van der Waals surface area contributed by atoms with Crippen molar-refractivity contribution in [2.45, 2.75) is 33.0 Å². The second-order valence-electron chi connectivity index (χ2n) is 6.58. The van der Waals surface area contributed by atoms with Crippen LogP contribution in [0.25, 0.3) is 0 Å². The van der Waals surface area contributed by atoms with E-state index in [0.717, 1.165) is 28.3 Å². The topological polar surface area (TPSA) is 71.0 Å². The van der Waals surface area contributed by atoms with Crippen molar-refractivity contribution in [2.75, 3.05) is 18.7 Å². The molecule has 6 heteroatoms. The number of nitrogens with one attached hydrogen (secondary N) is 1. The minimum Gasteiger partial charge on any atom is -0.454 e. The Morgan fingerprint density at radius 3 is 2.46 bits per heavy atom. The molecule has 0 radical (unpaired) electrons. The number of amides is 1. The first-order valence-electron chi connectivity index (χ1n) is 8.65. The number of hydrogen-bond donors (Lipinski definition) is 2. The van der Waals surface area contributed by atoms with E-state index in [1.165, 1.54) is 6.92 Å². The van der Waals surface area contributed by atoms with Crippen LogP contribution in [0.2, 0.25) is 0 Å². The molecule has 2 N–H and O–H groups in total. The number of anilines is 1. The molecule has 26 heavy (non-hydrogen) atoms. The fraction of sp³-hybridized carbons (Fsp3) is 0.350. The van der Waals surface area contributed by atoms with Gasteiger partial charge in [-0.25, -0.2) is 0 Å². The summed E-state index contributed by atoms with van der Waals surface area (Å²) in [5, 5.41) is 12.6. The number of aliphatic hydroxyl groups excluding tert-OH is 1. The zero-order valence-electron chi connectivity index (χ0n) is 15.1. The summed E-state index contributed by atoms with van der Waals surface area (Å²) < 4.78 is 10.8. The van der Waals surface area contributed by atoms with Gasteiger partial charge in [-0.15, -0.1) is 0 Å². The Kier molecular flexibility index (Phi) is 5.75. The lowest BCUT2D eigenvalue weighted by Crippen LogP contribution is -2.30. The van der Waals surface area contributed by atoms with Gasteiger partial charge in [0.05, 0.1) is 6.10 Å². The Morgan fingerprint density at radius 2 is 1.77 bits per heavy atom. The third-order valence-corrected chi connectivity index (χ3v) is 4.05. The van der Waals surface area contributed by atoms with Crippen LogP contribution in [0.1, 0.15) is 25.0 Å². The van der Waals surface area contributed by atoms with Crippen molar-refractivity contribution in [2.24, 2.45) is 0 Å². The van der Waals surface area contributed by atoms with Gasteiger partial charge in [-0.3, -0.25) is 9.69 Å². The average Bonchev–Trinajstić information content (AvgIpc) is 3.03. The highest BCUT2D eigenvalue weighted by Crippen LogP contribution is 2.33. The molecular formula is C20H24N2O4. The van der Waals surface area contributed by atoms with E-state index in [4.69, 9.17) is 9.47 Å². The summed E-state index contributed by atoms with van der Waals surface area (Å²) >= 11 is 0. The first-order chi connectivity index (χ1) is 12.5. The number of nitrogens with zero attached hydrogens (tertiary/aromatic N) is 1. The van der Waals surface area contributed by atoms with E-state index in [1.807, 2.05) is 42.5 Å². The lowest BCUT2D eigenvalue weighted by atomic mass is 10.1. The molecule has 6 nitrogen and oxygen atoms in total. The molecule has 1 aliphatic rings. The molecule has 0 bridgehead atoms. The lowest BCUT2D eigenvalue weighted by molar-refractivity contribution is -0.114. The number of hydrogen-bond acceptors (Lipinski definition) is 5. The van der Waals surface area contributed by atoms with Crippen LogP contribution in [-0.4, -0.2) is 35.4 Å². The predicted molar refractivity (Wildman–Crippen MR) is 99.1 cm³/mol. The van der Waals surface area contributed by atoms with Crippen molar-refractivity contribution in [3.05, 3.63) is 53.6 Å². The van der Waals surface area contributed by atoms with Gasteiger partial charge in [0.1, 0.15) is 0 Å². The van der Waals surface area contributed by atoms with E-state index in [0.29, 0.717) is 19.6 Å². The van der Waals surface area contributed by atoms with Gasteiger partial charge in [0.15, 0.2) is 11.5 Å². The van der Waals surface area contributed by atoms with Crippen molar-refractivity contribution in [3.8, 4) is 11.5 Å². The summed E-state index contributed by atoms with van der Waals surface area (Å²) in [5.41, 5.74) is 2.99. The highest BCUT2D eigenvalue weighted by atomic mass is 16.7. The summed E-state index contributed by atoms with van der Waals surface area (Å²) in [5.74, 6) is 1.44. The molecule has 0 saturated carbocycles. The molecule has 1 aliphatic heterocycles. The van der Waals surface area contributed by atoms with Crippen LogP contribution in [0.4, 0.5) is 5.69 Å². The molecule has 0 saturated heterocycles. The normalized spacial score (nSPS) is 13.7. The van der Waals surface area contributed by atoms with Crippen molar-refractivity contribution in [3.63, 3.8) is 0 Å². The molecule has 138 valence electrons. The van der Waals surface area contributed by atoms with E-state index < -0.39 is 6.10 Å². The Balaban J connectivity index is 1.68. The number of benzene rings is 2. The monoisotopic (exact) mass is 356 g/mol. The second-order valence-corrected chi connectivity index (χ2v) is 6.58. The Bertz CT molecular complexity index is 759. The predicted octanol–water partition coefficient (Wildman–Crippen LogP) is 2.76. The van der Waals surface area contributed by atoms with Gasteiger partial charge < -0.3 is 19.9 Å². The summed E-state index contributed by atoms with van der Waals surface area (Å²) in [6.07, 6.45) is -0.428. The number of aliphatic hydroxyl groups is 1. The van der Waals surface area contributed by atoms with Gasteiger partial charge in [0, 0.05) is 32.2 Å². The maximum atomic E-state index is 11.1. The molecule has 0 spiro atoms. The summed E-state index contributed by atoms with van der Waals surface area (Å²) in [7, 11) is 0. The molecule has 3 rings (SSSR count). The van der Waals surface area contributed by atoms with Crippen LogP contribution in [-0.2, 0) is 17.9 Å². The standard InChI is InChI=1S/C20H24N2O4/c1-14(23)10-22(11-16-3-6-18(7-4-16)21-15(2)24)12-17-5-8-19-20(9-17)26-13-25-19/h3-9,14,23H,10-13H2,1-2H3,(H,21,24)/t14-/m1/s1. The first-order valence-corrected chi connectivity index (χ1v) is 8.65. The van der Waals surface area contributed by atoms with E-state index in [1.54, 1.807) is 6.92 Å². The molecular weight excluding hydrogens is 332 g/mol. The molecule has 0 unspecified atom stereocenters. The Hall–Kier alpha value is -2.57. The smallest absolute Gasteiger partial charge is 0.231 e. The van der Waals surface area contributed by atoms with Crippen LogP contribution >= 0.6 is 0 Å². The molecule has 0 fully saturated rings. The van der Waals surface area contributed by atoms with Crippen LogP contribution in [0.3, 0.4) is 0 Å². The third kappa shape index (κ3) is 4.97. The van der Waals surface area contributed by atoms with E-state index >= 15 is 0 Å². The molecule has 0 aromatic heterocycles. The summed E-state index contributed by atoms with van der Waals surface area (Å²) in [6.45, 7) is 5.48. The number of rotatable bonds is 7. The molecule has 2 aromatic rings. The zero-order chi connectivity index (χ0) is 18.5. The number of carbonyl (C=O) groups excluding carboxylic acids is 1. The van der Waals surface area contributed by atoms with Crippen molar-refractivity contribution < 1.29 is 19.4 Å².